The SMILES string of the molecule is CC=C(C=CCC)c1ccc(C)c(C2C(SC)=CC(C(C)(C)C)=[N+]2C)c1C. The number of nitrogens with zero attached hydrogens (tertiary/aromatic N) is 1. The molecule has 0 saturated heterocycles. The molecule has 0 aromatic heterocycles. The molecule has 0 saturated carbocycles. The second-order valence-electron chi connectivity index (χ2n) is 8.42. The summed E-state index contributed by atoms with van der Waals surface area (Å²) >= 11 is 1.88. The standard InChI is InChI=1S/C25H36NS/c1-10-12-13-19(11-2)20-15-14-17(3)23(18(20)4)24-21(27-9)16-22(26(24)8)25(5,6)7/h11-16,24H,10H2,1-9H3/q+1. The Hall–Kier alpha value is -1.54. The summed E-state index contributed by atoms with van der Waals surface area (Å²) in [5.74, 6) is 0. The molecular formula is C25H36NS+. The van der Waals surface area contributed by atoms with Gasteiger partial charge in [0.15, 0.2) is 5.71 Å². The lowest BCUT2D eigenvalue weighted by Crippen LogP contribution is -2.27. The number of allylic oxidation sites excluding steroid dienone is 5. The fourth-order valence-electron chi connectivity index (χ4n) is 4.08. The first-order chi connectivity index (χ1) is 12.7. The molecule has 2 heteroatoms. The Morgan fingerprint density at radius 1 is 1.22 bits per heavy atom. The lowest BCUT2D eigenvalue weighted by Gasteiger charge is -2.21. The quantitative estimate of drug-likeness (QED) is 0.387. The van der Waals surface area contributed by atoms with Crippen LogP contribution >= 0.6 is 11.8 Å². The van der Waals surface area contributed by atoms with Crippen LogP contribution in [0.1, 0.15) is 69.3 Å². The summed E-state index contributed by atoms with van der Waals surface area (Å²) in [6.45, 7) is 15.8. The van der Waals surface area contributed by atoms with Gasteiger partial charge in [-0.1, -0.05) is 58.1 Å². The highest BCUT2D eigenvalue weighted by Gasteiger charge is 2.40. The molecule has 0 aliphatic carbocycles. The summed E-state index contributed by atoms with van der Waals surface area (Å²) in [6, 6.07) is 4.89. The van der Waals surface area contributed by atoms with Gasteiger partial charge in [-0.3, -0.25) is 0 Å². The number of hydrogen-bond acceptors (Lipinski definition) is 1. The van der Waals surface area contributed by atoms with E-state index in [0.29, 0.717) is 6.04 Å². The van der Waals surface area contributed by atoms with Crippen molar-refractivity contribution in [2.24, 2.45) is 5.41 Å². The maximum absolute atomic E-state index is 2.49. The third-order valence-electron chi connectivity index (χ3n) is 5.48. The first kappa shape index (κ1) is 21.8. The van der Waals surface area contributed by atoms with Gasteiger partial charge in [0.25, 0.3) is 0 Å². The van der Waals surface area contributed by atoms with Gasteiger partial charge in [-0.2, -0.15) is 0 Å². The summed E-state index contributed by atoms with van der Waals surface area (Å²) in [5, 5.41) is 0. The third-order valence-corrected chi connectivity index (χ3v) is 6.29. The van der Waals surface area contributed by atoms with Gasteiger partial charge in [0.05, 0.1) is 4.91 Å². The second kappa shape index (κ2) is 8.65. The molecule has 1 aromatic rings. The van der Waals surface area contributed by atoms with E-state index in [1.54, 1.807) is 0 Å². The monoisotopic (exact) mass is 382 g/mol. The summed E-state index contributed by atoms with van der Waals surface area (Å²) < 4.78 is 2.49. The van der Waals surface area contributed by atoms with Crippen LogP contribution in [0.5, 0.6) is 0 Å². The fraction of sp³-hybridized carbons (Fsp3) is 0.480. The van der Waals surface area contributed by atoms with Crippen LogP contribution in [0.4, 0.5) is 0 Å². The van der Waals surface area contributed by atoms with Crippen molar-refractivity contribution in [1.82, 2.24) is 0 Å². The van der Waals surface area contributed by atoms with E-state index in [1.807, 2.05) is 11.8 Å². The van der Waals surface area contributed by atoms with Crippen molar-refractivity contribution < 1.29 is 4.58 Å². The van der Waals surface area contributed by atoms with Crippen molar-refractivity contribution in [3.05, 3.63) is 63.6 Å². The zero-order chi connectivity index (χ0) is 20.4. The van der Waals surface area contributed by atoms with Crippen molar-refractivity contribution in [3.8, 4) is 0 Å². The van der Waals surface area contributed by atoms with Crippen LogP contribution in [-0.2, 0) is 0 Å². The normalized spacial score (nSPS) is 18.6. The smallest absolute Gasteiger partial charge is 0.209 e. The highest BCUT2D eigenvalue weighted by Crippen LogP contribution is 2.42. The Morgan fingerprint density at radius 2 is 1.89 bits per heavy atom. The van der Waals surface area contributed by atoms with Crippen molar-refractivity contribution in [1.29, 1.82) is 0 Å². The van der Waals surface area contributed by atoms with E-state index in [0.717, 1.165) is 6.42 Å². The van der Waals surface area contributed by atoms with Crippen LogP contribution in [0.25, 0.3) is 5.57 Å². The van der Waals surface area contributed by atoms with E-state index in [1.165, 1.54) is 38.4 Å². The molecule has 1 atom stereocenters. The minimum absolute atomic E-state index is 0.141. The van der Waals surface area contributed by atoms with Gasteiger partial charge < -0.3 is 0 Å². The van der Waals surface area contributed by atoms with Crippen LogP contribution < -0.4 is 0 Å². The summed E-state index contributed by atoms with van der Waals surface area (Å²) in [4.78, 5) is 1.44. The number of hydrogen-bond donors (Lipinski definition) is 0. The molecule has 1 aliphatic heterocycles. The molecule has 146 valence electrons. The largest absolute Gasteiger partial charge is 0.224 e. The first-order valence-corrected chi connectivity index (χ1v) is 11.2. The van der Waals surface area contributed by atoms with Gasteiger partial charge in [-0.05, 0) is 55.7 Å². The topological polar surface area (TPSA) is 3.01 Å². The summed E-state index contributed by atoms with van der Waals surface area (Å²) in [7, 11) is 2.25. The van der Waals surface area contributed by atoms with Crippen LogP contribution in [0.2, 0.25) is 0 Å². The van der Waals surface area contributed by atoms with E-state index in [9.17, 15) is 0 Å². The molecule has 0 spiro atoms. The Labute approximate surface area is 171 Å². The van der Waals surface area contributed by atoms with Gasteiger partial charge in [0.1, 0.15) is 7.05 Å². The first-order valence-electron chi connectivity index (χ1n) is 9.96. The van der Waals surface area contributed by atoms with E-state index in [-0.39, 0.29) is 5.41 Å². The molecule has 1 unspecified atom stereocenters. The number of rotatable bonds is 5. The zero-order valence-corrected chi connectivity index (χ0v) is 19.4. The Bertz CT molecular complexity index is 829. The van der Waals surface area contributed by atoms with Crippen LogP contribution in [-0.4, -0.2) is 23.6 Å². The minimum atomic E-state index is 0.141. The highest BCUT2D eigenvalue weighted by atomic mass is 32.2. The molecule has 0 amide bonds. The van der Waals surface area contributed by atoms with E-state index < -0.39 is 0 Å². The third kappa shape index (κ3) is 4.32. The lowest BCUT2D eigenvalue weighted by atomic mass is 9.89. The maximum atomic E-state index is 2.49. The van der Waals surface area contributed by atoms with E-state index >= 15 is 0 Å². The molecule has 2 rings (SSSR count). The fourth-order valence-corrected chi connectivity index (χ4v) is 4.81. The van der Waals surface area contributed by atoms with Crippen LogP contribution in [0, 0.1) is 19.3 Å². The van der Waals surface area contributed by atoms with Gasteiger partial charge >= 0.3 is 0 Å². The van der Waals surface area contributed by atoms with Gasteiger partial charge in [-0.25, -0.2) is 4.58 Å². The van der Waals surface area contributed by atoms with E-state index in [2.05, 4.69) is 103 Å². The molecule has 27 heavy (non-hydrogen) atoms. The predicted molar refractivity (Wildman–Crippen MR) is 124 cm³/mol. The number of benzene rings is 1. The Kier molecular flexibility index (Phi) is 6.97. The number of aryl methyl sites for hydroxylation is 1. The number of likely N-dealkylation sites (N-methyl/N-ethyl adjacent to an activating group) is 1. The molecule has 1 aromatic carbocycles. The molecule has 0 radical (unpaired) electrons. The van der Waals surface area contributed by atoms with E-state index in [4.69, 9.17) is 0 Å². The van der Waals surface area contributed by atoms with Gasteiger partial charge in [-0.15, -0.1) is 11.8 Å². The lowest BCUT2D eigenvalue weighted by molar-refractivity contribution is -0.531. The minimum Gasteiger partial charge on any atom is -0.224 e. The predicted octanol–water partition coefficient (Wildman–Crippen LogP) is 7.10. The second-order valence-corrected chi connectivity index (χ2v) is 9.30. The number of thioether (sulfide) groups is 1. The zero-order valence-electron chi connectivity index (χ0n) is 18.6. The molecular weight excluding hydrogens is 346 g/mol. The molecule has 0 N–H and O–H groups in total. The molecule has 0 fully saturated rings. The molecule has 1 nitrogen and oxygen atoms in total. The van der Waals surface area contributed by atoms with Crippen molar-refractivity contribution in [2.45, 2.75) is 60.9 Å². The average Bonchev–Trinajstić information content (AvgIpc) is 2.94. The van der Waals surface area contributed by atoms with Crippen LogP contribution in [0.3, 0.4) is 0 Å². The van der Waals surface area contributed by atoms with Crippen molar-refractivity contribution in [2.75, 3.05) is 13.3 Å². The van der Waals surface area contributed by atoms with Gasteiger partial charge in [0, 0.05) is 17.1 Å². The van der Waals surface area contributed by atoms with Gasteiger partial charge in [0.2, 0.25) is 6.04 Å². The Morgan fingerprint density at radius 3 is 2.41 bits per heavy atom. The summed E-state index contributed by atoms with van der Waals surface area (Å²) in [6.07, 6.45) is 12.4. The molecule has 0 bridgehead atoms. The highest BCUT2D eigenvalue weighted by molar-refractivity contribution is 8.02. The Balaban J connectivity index is 2.69. The maximum Gasteiger partial charge on any atom is 0.209 e. The summed E-state index contributed by atoms with van der Waals surface area (Å²) in [5.41, 5.74) is 8.44. The average molecular weight is 383 g/mol. The molecule has 1 heterocycles. The van der Waals surface area contributed by atoms with Crippen LogP contribution in [0.15, 0.2) is 41.3 Å². The van der Waals surface area contributed by atoms with Crippen molar-refractivity contribution >= 4 is 23.0 Å². The molecule has 1 aliphatic rings. The van der Waals surface area contributed by atoms with Crippen molar-refractivity contribution in [3.63, 3.8) is 0 Å².